The Labute approximate surface area is 114 Å². The molecule has 0 heterocycles. The van der Waals surface area contributed by atoms with Gasteiger partial charge in [-0.25, -0.2) is 0 Å². The standard InChI is InChI=1S/C14H22N2O3/c1-9-7-12(18-3)13(19-4)8-11(9)10(2)16-14(17)5-6-15/h7-8,10H,5-6,15H2,1-4H3,(H,16,17). The molecule has 5 heteroatoms. The van der Waals surface area contributed by atoms with E-state index in [4.69, 9.17) is 15.2 Å². The Bertz CT molecular complexity index is 447. The highest BCUT2D eigenvalue weighted by atomic mass is 16.5. The lowest BCUT2D eigenvalue weighted by molar-refractivity contribution is -0.121. The summed E-state index contributed by atoms with van der Waals surface area (Å²) < 4.78 is 10.5. The van der Waals surface area contributed by atoms with Gasteiger partial charge in [0.15, 0.2) is 11.5 Å². The van der Waals surface area contributed by atoms with Crippen LogP contribution in [0.25, 0.3) is 0 Å². The molecule has 106 valence electrons. The van der Waals surface area contributed by atoms with Gasteiger partial charge in [0.25, 0.3) is 0 Å². The van der Waals surface area contributed by atoms with Crippen LogP contribution in [0.5, 0.6) is 11.5 Å². The van der Waals surface area contributed by atoms with Gasteiger partial charge < -0.3 is 20.5 Å². The van der Waals surface area contributed by atoms with Crippen molar-refractivity contribution < 1.29 is 14.3 Å². The van der Waals surface area contributed by atoms with Crippen LogP contribution in [0.15, 0.2) is 12.1 Å². The Morgan fingerprint density at radius 3 is 2.42 bits per heavy atom. The number of methoxy groups -OCH3 is 2. The van der Waals surface area contributed by atoms with Crippen LogP contribution >= 0.6 is 0 Å². The summed E-state index contributed by atoms with van der Waals surface area (Å²) in [7, 11) is 3.19. The zero-order valence-electron chi connectivity index (χ0n) is 11.9. The van der Waals surface area contributed by atoms with Crippen molar-refractivity contribution in [2.75, 3.05) is 20.8 Å². The van der Waals surface area contributed by atoms with E-state index in [0.29, 0.717) is 24.5 Å². The second kappa shape index (κ2) is 6.99. The Morgan fingerprint density at radius 2 is 1.89 bits per heavy atom. The average molecular weight is 266 g/mol. The highest BCUT2D eigenvalue weighted by molar-refractivity contribution is 5.76. The van der Waals surface area contributed by atoms with Crippen molar-refractivity contribution in [2.24, 2.45) is 5.73 Å². The minimum atomic E-state index is -0.0983. The van der Waals surface area contributed by atoms with Gasteiger partial charge in [-0.1, -0.05) is 0 Å². The molecular formula is C14H22N2O3. The average Bonchev–Trinajstić information content (AvgIpc) is 2.38. The van der Waals surface area contributed by atoms with Crippen molar-refractivity contribution in [3.63, 3.8) is 0 Å². The van der Waals surface area contributed by atoms with E-state index in [1.165, 1.54) is 0 Å². The molecule has 1 rings (SSSR count). The van der Waals surface area contributed by atoms with Crippen LogP contribution in [0.4, 0.5) is 0 Å². The Kier molecular flexibility index (Phi) is 5.63. The first-order valence-electron chi connectivity index (χ1n) is 6.25. The van der Waals surface area contributed by atoms with Crippen molar-refractivity contribution in [2.45, 2.75) is 26.3 Å². The zero-order chi connectivity index (χ0) is 14.4. The van der Waals surface area contributed by atoms with E-state index < -0.39 is 0 Å². The molecule has 3 N–H and O–H groups in total. The SMILES string of the molecule is COc1cc(C)c(C(C)NC(=O)CCN)cc1OC. The number of nitrogens with two attached hydrogens (primary N) is 1. The third-order valence-corrected chi connectivity index (χ3v) is 2.99. The lowest BCUT2D eigenvalue weighted by Crippen LogP contribution is -2.28. The molecular weight excluding hydrogens is 244 g/mol. The first-order valence-corrected chi connectivity index (χ1v) is 6.25. The van der Waals surface area contributed by atoms with Gasteiger partial charge in [-0.05, 0) is 37.1 Å². The lowest BCUT2D eigenvalue weighted by Gasteiger charge is -2.19. The summed E-state index contributed by atoms with van der Waals surface area (Å²) in [6.45, 7) is 4.26. The van der Waals surface area contributed by atoms with E-state index in [9.17, 15) is 4.79 Å². The summed E-state index contributed by atoms with van der Waals surface area (Å²) in [5.41, 5.74) is 7.40. The molecule has 0 fully saturated rings. The van der Waals surface area contributed by atoms with Gasteiger partial charge in [0.05, 0.1) is 20.3 Å². The molecule has 0 saturated heterocycles. The summed E-state index contributed by atoms with van der Waals surface area (Å²) in [6.07, 6.45) is 0.330. The Hall–Kier alpha value is -1.75. The van der Waals surface area contributed by atoms with Gasteiger partial charge in [-0.2, -0.15) is 0 Å². The van der Waals surface area contributed by atoms with E-state index in [2.05, 4.69) is 5.32 Å². The van der Waals surface area contributed by atoms with Gasteiger partial charge in [-0.15, -0.1) is 0 Å². The van der Waals surface area contributed by atoms with Crippen molar-refractivity contribution in [1.29, 1.82) is 0 Å². The predicted octanol–water partition coefficient (Wildman–Crippen LogP) is 1.54. The topological polar surface area (TPSA) is 73.6 Å². The number of amides is 1. The summed E-state index contributed by atoms with van der Waals surface area (Å²) >= 11 is 0. The summed E-state index contributed by atoms with van der Waals surface area (Å²) in [6, 6.07) is 3.69. The highest BCUT2D eigenvalue weighted by Gasteiger charge is 2.15. The van der Waals surface area contributed by atoms with Crippen molar-refractivity contribution in [1.82, 2.24) is 5.32 Å². The second-order valence-corrected chi connectivity index (χ2v) is 4.39. The summed E-state index contributed by atoms with van der Waals surface area (Å²) in [5.74, 6) is 1.29. The van der Waals surface area contributed by atoms with Gasteiger partial charge in [-0.3, -0.25) is 4.79 Å². The van der Waals surface area contributed by atoms with Gasteiger partial charge in [0.1, 0.15) is 0 Å². The second-order valence-electron chi connectivity index (χ2n) is 4.39. The number of benzene rings is 1. The molecule has 0 aliphatic rings. The van der Waals surface area contributed by atoms with Crippen LogP contribution < -0.4 is 20.5 Å². The quantitative estimate of drug-likeness (QED) is 0.819. The number of aryl methyl sites for hydroxylation is 1. The number of carbonyl (C=O) groups excluding carboxylic acids is 1. The highest BCUT2D eigenvalue weighted by Crippen LogP contribution is 2.32. The number of nitrogens with one attached hydrogen (secondary N) is 1. The molecule has 1 amide bonds. The van der Waals surface area contributed by atoms with Crippen molar-refractivity contribution in [3.8, 4) is 11.5 Å². The number of hydrogen-bond acceptors (Lipinski definition) is 4. The van der Waals surface area contributed by atoms with Crippen LogP contribution in [-0.4, -0.2) is 26.7 Å². The minimum Gasteiger partial charge on any atom is -0.493 e. The van der Waals surface area contributed by atoms with E-state index in [0.717, 1.165) is 11.1 Å². The Balaban J connectivity index is 2.96. The fourth-order valence-corrected chi connectivity index (χ4v) is 1.99. The smallest absolute Gasteiger partial charge is 0.221 e. The van der Waals surface area contributed by atoms with Crippen LogP contribution in [0.3, 0.4) is 0 Å². The maximum atomic E-state index is 11.6. The first kappa shape index (κ1) is 15.3. The Morgan fingerprint density at radius 1 is 1.32 bits per heavy atom. The van der Waals surface area contributed by atoms with Crippen LogP contribution in [0.2, 0.25) is 0 Å². The predicted molar refractivity (Wildman–Crippen MR) is 74.5 cm³/mol. The van der Waals surface area contributed by atoms with Crippen molar-refractivity contribution >= 4 is 5.91 Å². The molecule has 0 saturated carbocycles. The third kappa shape index (κ3) is 3.86. The van der Waals surface area contributed by atoms with E-state index >= 15 is 0 Å². The number of hydrogen-bond donors (Lipinski definition) is 2. The van der Waals surface area contributed by atoms with Crippen molar-refractivity contribution in [3.05, 3.63) is 23.3 Å². The van der Waals surface area contributed by atoms with Gasteiger partial charge >= 0.3 is 0 Å². The van der Waals surface area contributed by atoms with Gasteiger partial charge in [0, 0.05) is 13.0 Å². The molecule has 19 heavy (non-hydrogen) atoms. The minimum absolute atomic E-state index is 0.0517. The largest absolute Gasteiger partial charge is 0.493 e. The third-order valence-electron chi connectivity index (χ3n) is 2.99. The maximum absolute atomic E-state index is 11.6. The molecule has 0 aliphatic carbocycles. The molecule has 0 bridgehead atoms. The monoisotopic (exact) mass is 266 g/mol. The maximum Gasteiger partial charge on any atom is 0.221 e. The number of ether oxygens (including phenoxy) is 2. The molecule has 5 nitrogen and oxygen atoms in total. The molecule has 0 spiro atoms. The zero-order valence-corrected chi connectivity index (χ0v) is 11.9. The summed E-state index contributed by atoms with van der Waals surface area (Å²) in [5, 5.41) is 2.91. The fraction of sp³-hybridized carbons (Fsp3) is 0.500. The number of carbonyl (C=O) groups is 1. The summed E-state index contributed by atoms with van der Waals surface area (Å²) in [4.78, 5) is 11.6. The van der Waals surface area contributed by atoms with E-state index in [-0.39, 0.29) is 11.9 Å². The molecule has 0 radical (unpaired) electrons. The lowest BCUT2D eigenvalue weighted by atomic mass is 10.0. The molecule has 1 atom stereocenters. The first-order chi connectivity index (χ1) is 9.03. The molecule has 0 aliphatic heterocycles. The van der Waals surface area contributed by atoms with Gasteiger partial charge in [0.2, 0.25) is 5.91 Å². The van der Waals surface area contributed by atoms with E-state index in [1.54, 1.807) is 14.2 Å². The van der Waals surface area contributed by atoms with Crippen LogP contribution in [-0.2, 0) is 4.79 Å². The molecule has 1 aromatic carbocycles. The molecule has 0 aromatic heterocycles. The number of rotatable bonds is 6. The van der Waals surface area contributed by atoms with Crippen LogP contribution in [0.1, 0.15) is 30.5 Å². The van der Waals surface area contributed by atoms with Crippen LogP contribution in [0, 0.1) is 6.92 Å². The van der Waals surface area contributed by atoms with E-state index in [1.807, 2.05) is 26.0 Å². The fourth-order valence-electron chi connectivity index (χ4n) is 1.99. The normalized spacial score (nSPS) is 11.8. The molecule has 1 aromatic rings. The molecule has 1 unspecified atom stereocenters.